The summed E-state index contributed by atoms with van der Waals surface area (Å²) in [6.07, 6.45) is 1.65. The first-order valence-corrected chi connectivity index (χ1v) is 8.75. The predicted octanol–water partition coefficient (Wildman–Crippen LogP) is 5.60. The van der Waals surface area contributed by atoms with Gasteiger partial charge in [-0.3, -0.25) is 4.79 Å². The van der Waals surface area contributed by atoms with Gasteiger partial charge in [0.15, 0.2) is 0 Å². The molecule has 0 radical (unpaired) electrons. The van der Waals surface area contributed by atoms with E-state index in [1.54, 1.807) is 18.3 Å². The van der Waals surface area contributed by atoms with E-state index in [0.717, 1.165) is 20.3 Å². The molecule has 6 heteroatoms. The maximum absolute atomic E-state index is 12.6. The molecule has 0 atom stereocenters. The van der Waals surface area contributed by atoms with Crippen LogP contribution in [0.2, 0.25) is 0 Å². The molecule has 0 aliphatic rings. The van der Waals surface area contributed by atoms with Crippen LogP contribution in [0.4, 0.5) is 17.2 Å². The lowest BCUT2D eigenvalue weighted by Crippen LogP contribution is -2.14. The van der Waals surface area contributed by atoms with Crippen LogP contribution >= 0.6 is 31.9 Å². The van der Waals surface area contributed by atoms with Gasteiger partial charge in [-0.05, 0) is 54.6 Å². The van der Waals surface area contributed by atoms with E-state index in [1.165, 1.54) is 0 Å². The molecule has 1 amide bonds. The van der Waals surface area contributed by atoms with E-state index in [-0.39, 0.29) is 5.91 Å². The molecular formula is C18H13Br2N3O. The van der Waals surface area contributed by atoms with Crippen LogP contribution in [0.5, 0.6) is 0 Å². The maximum atomic E-state index is 12.6. The molecule has 4 nitrogen and oxygen atoms in total. The monoisotopic (exact) mass is 445 g/mol. The number of hydrogen-bond donors (Lipinski definition) is 2. The third kappa shape index (κ3) is 4.21. The second-order valence-electron chi connectivity index (χ2n) is 5.00. The molecule has 0 saturated carbocycles. The van der Waals surface area contributed by atoms with Crippen LogP contribution < -0.4 is 10.6 Å². The van der Waals surface area contributed by atoms with Gasteiger partial charge in [0.25, 0.3) is 5.91 Å². The number of carbonyl (C=O) groups is 1. The summed E-state index contributed by atoms with van der Waals surface area (Å²) in [6.45, 7) is 0. The quantitative estimate of drug-likeness (QED) is 0.548. The molecule has 1 heterocycles. The Hall–Kier alpha value is -2.18. The Morgan fingerprint density at radius 3 is 2.42 bits per heavy atom. The molecule has 0 bridgehead atoms. The van der Waals surface area contributed by atoms with Gasteiger partial charge in [-0.2, -0.15) is 0 Å². The number of aromatic nitrogens is 1. The molecule has 0 aliphatic carbocycles. The van der Waals surface area contributed by atoms with Crippen molar-refractivity contribution in [3.8, 4) is 0 Å². The highest BCUT2D eigenvalue weighted by molar-refractivity contribution is 9.10. The highest BCUT2D eigenvalue weighted by Crippen LogP contribution is 2.22. The molecule has 0 saturated heterocycles. The van der Waals surface area contributed by atoms with Gasteiger partial charge in [-0.15, -0.1) is 0 Å². The van der Waals surface area contributed by atoms with Crippen molar-refractivity contribution in [3.63, 3.8) is 0 Å². The van der Waals surface area contributed by atoms with Crippen molar-refractivity contribution in [2.75, 3.05) is 10.6 Å². The van der Waals surface area contributed by atoms with Crippen molar-refractivity contribution in [3.05, 3.63) is 81.4 Å². The summed E-state index contributed by atoms with van der Waals surface area (Å²) < 4.78 is 1.91. The average molecular weight is 447 g/mol. The number of rotatable bonds is 4. The van der Waals surface area contributed by atoms with Crippen molar-refractivity contribution >= 4 is 55.0 Å². The van der Waals surface area contributed by atoms with Crippen molar-refractivity contribution < 1.29 is 4.79 Å². The smallest absolute Gasteiger partial charge is 0.259 e. The molecule has 3 aromatic rings. The number of nitrogens with zero attached hydrogens (tertiary/aromatic N) is 1. The first kappa shape index (κ1) is 16.7. The number of pyridine rings is 1. The van der Waals surface area contributed by atoms with Crippen molar-refractivity contribution in [2.24, 2.45) is 0 Å². The third-order valence-electron chi connectivity index (χ3n) is 3.24. The molecule has 24 heavy (non-hydrogen) atoms. The van der Waals surface area contributed by atoms with E-state index >= 15 is 0 Å². The minimum Gasteiger partial charge on any atom is -0.340 e. The second-order valence-corrected chi connectivity index (χ2v) is 6.83. The standard InChI is InChI=1S/C18H13Br2N3O/c19-12-6-8-14(9-7-12)23-18(24)16-5-2-10-21-17(16)22-15-4-1-3-13(20)11-15/h1-11H,(H,21,22)(H,23,24). The Bertz CT molecular complexity index is 866. The number of hydrogen-bond acceptors (Lipinski definition) is 3. The normalized spacial score (nSPS) is 10.2. The number of carbonyl (C=O) groups excluding carboxylic acids is 1. The Morgan fingerprint density at radius 2 is 1.67 bits per heavy atom. The largest absolute Gasteiger partial charge is 0.340 e. The lowest BCUT2D eigenvalue weighted by atomic mass is 10.2. The Labute approximate surface area is 156 Å². The van der Waals surface area contributed by atoms with E-state index in [2.05, 4.69) is 47.5 Å². The highest BCUT2D eigenvalue weighted by atomic mass is 79.9. The molecule has 3 rings (SSSR count). The van der Waals surface area contributed by atoms with E-state index in [1.807, 2.05) is 48.5 Å². The second kappa shape index (κ2) is 7.59. The third-order valence-corrected chi connectivity index (χ3v) is 4.26. The topological polar surface area (TPSA) is 54.0 Å². The number of benzene rings is 2. The fraction of sp³-hybridized carbons (Fsp3) is 0. The van der Waals surface area contributed by atoms with Crippen LogP contribution in [0.15, 0.2) is 75.8 Å². The van der Waals surface area contributed by atoms with Gasteiger partial charge < -0.3 is 10.6 Å². The first-order chi connectivity index (χ1) is 11.6. The van der Waals surface area contributed by atoms with Crippen LogP contribution in [-0.4, -0.2) is 10.9 Å². The molecule has 2 N–H and O–H groups in total. The summed E-state index contributed by atoms with van der Waals surface area (Å²) in [5.74, 6) is 0.285. The van der Waals surface area contributed by atoms with Crippen molar-refractivity contribution in [1.82, 2.24) is 4.98 Å². The molecule has 0 aliphatic heterocycles. The number of nitrogens with one attached hydrogen (secondary N) is 2. The average Bonchev–Trinajstić information content (AvgIpc) is 2.57. The lowest BCUT2D eigenvalue weighted by molar-refractivity contribution is 0.102. The molecule has 0 fully saturated rings. The predicted molar refractivity (Wildman–Crippen MR) is 104 cm³/mol. The van der Waals surface area contributed by atoms with Gasteiger partial charge in [0.2, 0.25) is 0 Å². The van der Waals surface area contributed by atoms with Gasteiger partial charge in [-0.25, -0.2) is 4.98 Å². The van der Waals surface area contributed by atoms with Crippen molar-refractivity contribution in [2.45, 2.75) is 0 Å². The maximum Gasteiger partial charge on any atom is 0.259 e. The molecule has 2 aromatic carbocycles. The first-order valence-electron chi connectivity index (χ1n) is 7.16. The molecule has 0 unspecified atom stereocenters. The summed E-state index contributed by atoms with van der Waals surface area (Å²) in [6, 6.07) is 18.6. The van der Waals surface area contributed by atoms with E-state index in [9.17, 15) is 4.79 Å². The van der Waals surface area contributed by atoms with Crippen molar-refractivity contribution in [1.29, 1.82) is 0 Å². The molecule has 120 valence electrons. The zero-order chi connectivity index (χ0) is 16.9. The number of halogens is 2. The fourth-order valence-electron chi connectivity index (χ4n) is 2.12. The summed E-state index contributed by atoms with van der Waals surface area (Å²) in [7, 11) is 0. The minimum atomic E-state index is -0.220. The zero-order valence-electron chi connectivity index (χ0n) is 12.5. The van der Waals surface area contributed by atoms with Crippen LogP contribution in [0.3, 0.4) is 0 Å². The number of anilines is 3. The molecule has 1 aromatic heterocycles. The van der Waals surface area contributed by atoms with Crippen LogP contribution in [0, 0.1) is 0 Å². The van der Waals surface area contributed by atoms with Gasteiger partial charge in [0, 0.05) is 26.5 Å². The van der Waals surface area contributed by atoms with E-state index in [0.29, 0.717) is 11.4 Å². The Balaban J connectivity index is 1.83. The van der Waals surface area contributed by atoms with Crippen LogP contribution in [0.1, 0.15) is 10.4 Å². The van der Waals surface area contributed by atoms with Gasteiger partial charge in [-0.1, -0.05) is 37.9 Å². The summed E-state index contributed by atoms with van der Waals surface area (Å²) >= 11 is 6.80. The van der Waals surface area contributed by atoms with Gasteiger partial charge in [0.1, 0.15) is 5.82 Å². The minimum absolute atomic E-state index is 0.220. The fourth-order valence-corrected chi connectivity index (χ4v) is 2.79. The lowest BCUT2D eigenvalue weighted by Gasteiger charge is -2.11. The van der Waals surface area contributed by atoms with Gasteiger partial charge in [0.05, 0.1) is 5.56 Å². The summed E-state index contributed by atoms with van der Waals surface area (Å²) in [4.78, 5) is 16.9. The van der Waals surface area contributed by atoms with Gasteiger partial charge >= 0.3 is 0 Å². The Kier molecular flexibility index (Phi) is 5.27. The molecule has 0 spiro atoms. The van der Waals surface area contributed by atoms with Crippen LogP contribution in [0.25, 0.3) is 0 Å². The van der Waals surface area contributed by atoms with Crippen LogP contribution in [-0.2, 0) is 0 Å². The molecular weight excluding hydrogens is 434 g/mol. The number of amides is 1. The Morgan fingerprint density at radius 1 is 0.875 bits per heavy atom. The summed E-state index contributed by atoms with van der Waals surface area (Å²) in [5.41, 5.74) is 2.04. The SMILES string of the molecule is O=C(Nc1ccc(Br)cc1)c1cccnc1Nc1cccc(Br)c1. The summed E-state index contributed by atoms with van der Waals surface area (Å²) in [5, 5.41) is 6.05. The van der Waals surface area contributed by atoms with E-state index < -0.39 is 0 Å². The van der Waals surface area contributed by atoms with E-state index in [4.69, 9.17) is 0 Å². The highest BCUT2D eigenvalue weighted by Gasteiger charge is 2.13. The zero-order valence-corrected chi connectivity index (χ0v) is 15.6.